The maximum atomic E-state index is 11.0. The van der Waals surface area contributed by atoms with E-state index in [1.165, 1.54) is 0 Å². The summed E-state index contributed by atoms with van der Waals surface area (Å²) >= 11 is 0. The summed E-state index contributed by atoms with van der Waals surface area (Å²) in [6, 6.07) is 5.25. The van der Waals surface area contributed by atoms with Crippen molar-refractivity contribution < 1.29 is 9.35 Å². The quantitative estimate of drug-likeness (QED) is 0.450. The lowest BCUT2D eigenvalue weighted by atomic mass is 10.1. The van der Waals surface area contributed by atoms with E-state index in [0.29, 0.717) is 6.61 Å². The van der Waals surface area contributed by atoms with Crippen LogP contribution in [0.2, 0.25) is 18.1 Å². The number of nitrogens with zero attached hydrogens (tertiary/aromatic N) is 1. The summed E-state index contributed by atoms with van der Waals surface area (Å²) in [6.45, 7) is 13.4. The van der Waals surface area contributed by atoms with Crippen molar-refractivity contribution in [3.63, 3.8) is 0 Å². The van der Waals surface area contributed by atoms with Crippen molar-refractivity contribution in [2.24, 2.45) is 0 Å². The minimum absolute atomic E-state index is 0.140. The van der Waals surface area contributed by atoms with Gasteiger partial charge in [-0.05, 0) is 35.7 Å². The Balaban J connectivity index is 2.93. The van der Waals surface area contributed by atoms with Crippen molar-refractivity contribution in [3.05, 3.63) is 39.4 Å². The van der Waals surface area contributed by atoms with Crippen molar-refractivity contribution in [2.45, 2.75) is 58.9 Å². The summed E-state index contributed by atoms with van der Waals surface area (Å²) in [5.74, 6) is 0. The monoisotopic (exact) mass is 295 g/mol. The molecule has 0 spiro atoms. The van der Waals surface area contributed by atoms with Crippen LogP contribution in [0.5, 0.6) is 0 Å². The van der Waals surface area contributed by atoms with Gasteiger partial charge in [0.1, 0.15) is 0 Å². The van der Waals surface area contributed by atoms with Gasteiger partial charge in [0.05, 0.1) is 11.5 Å². The first-order valence-electron chi connectivity index (χ1n) is 6.98. The first-order chi connectivity index (χ1) is 9.06. The Morgan fingerprint density at radius 2 is 1.75 bits per heavy atom. The van der Waals surface area contributed by atoms with Gasteiger partial charge in [-0.15, -0.1) is 0 Å². The van der Waals surface area contributed by atoms with Crippen LogP contribution < -0.4 is 0 Å². The summed E-state index contributed by atoms with van der Waals surface area (Å²) in [5, 5.41) is 11.1. The van der Waals surface area contributed by atoms with Crippen molar-refractivity contribution in [2.75, 3.05) is 0 Å². The molecule has 0 aliphatic heterocycles. The first-order valence-corrected chi connectivity index (χ1v) is 9.89. The number of hydrogen-bond donors (Lipinski definition) is 0. The van der Waals surface area contributed by atoms with Crippen molar-refractivity contribution in [3.8, 4) is 0 Å². The lowest BCUT2D eigenvalue weighted by Gasteiger charge is -2.36. The molecule has 0 N–H and O–H groups in total. The van der Waals surface area contributed by atoms with Crippen LogP contribution in [0.4, 0.5) is 5.69 Å². The van der Waals surface area contributed by atoms with Crippen LogP contribution in [0, 0.1) is 10.1 Å². The molecule has 0 radical (unpaired) electrons. The average molecular weight is 295 g/mol. The minimum Gasteiger partial charge on any atom is -0.413 e. The largest absolute Gasteiger partial charge is 0.413 e. The molecule has 4 nitrogen and oxygen atoms in total. The minimum atomic E-state index is -1.83. The predicted molar refractivity (Wildman–Crippen MR) is 84.5 cm³/mol. The SMILES string of the molecule is CCc1cc(CO[Si](C)(C)C(C)(C)C)cc([N+](=O)[O-])c1. The highest BCUT2D eigenvalue weighted by Crippen LogP contribution is 2.37. The molecule has 1 aromatic carbocycles. The molecule has 5 heteroatoms. The molecule has 0 saturated carbocycles. The van der Waals surface area contributed by atoms with Crippen LogP contribution in [0.3, 0.4) is 0 Å². The Morgan fingerprint density at radius 3 is 2.20 bits per heavy atom. The maximum Gasteiger partial charge on any atom is 0.270 e. The molecular formula is C15H25NO3Si. The Hall–Kier alpha value is -1.20. The highest BCUT2D eigenvalue weighted by Gasteiger charge is 2.37. The first kappa shape index (κ1) is 16.9. The molecule has 0 fully saturated rings. The predicted octanol–water partition coefficient (Wildman–Crippen LogP) is 4.68. The summed E-state index contributed by atoms with van der Waals surface area (Å²) in [5.41, 5.74) is 2.02. The Bertz CT molecular complexity index is 492. The van der Waals surface area contributed by atoms with Crippen molar-refractivity contribution >= 4 is 14.0 Å². The smallest absolute Gasteiger partial charge is 0.270 e. The lowest BCUT2D eigenvalue weighted by Crippen LogP contribution is -2.40. The fourth-order valence-electron chi connectivity index (χ4n) is 1.62. The second-order valence-corrected chi connectivity index (χ2v) is 11.5. The van der Waals surface area contributed by atoms with Crippen LogP contribution in [0.1, 0.15) is 38.8 Å². The highest BCUT2D eigenvalue weighted by molar-refractivity contribution is 6.74. The van der Waals surface area contributed by atoms with Crippen LogP contribution >= 0.6 is 0 Å². The molecule has 20 heavy (non-hydrogen) atoms. The number of nitro benzene ring substituents is 1. The number of benzene rings is 1. The summed E-state index contributed by atoms with van der Waals surface area (Å²) in [6.07, 6.45) is 0.786. The zero-order valence-electron chi connectivity index (χ0n) is 13.3. The van der Waals surface area contributed by atoms with Gasteiger partial charge in [-0.25, -0.2) is 0 Å². The van der Waals surface area contributed by atoms with Gasteiger partial charge >= 0.3 is 0 Å². The van der Waals surface area contributed by atoms with Gasteiger partial charge < -0.3 is 4.43 Å². The van der Waals surface area contributed by atoms with Gasteiger partial charge in [0.15, 0.2) is 8.32 Å². The van der Waals surface area contributed by atoms with Crippen molar-refractivity contribution in [1.82, 2.24) is 0 Å². The van der Waals surface area contributed by atoms with Gasteiger partial charge in [-0.3, -0.25) is 10.1 Å². The van der Waals surface area contributed by atoms with Crippen molar-refractivity contribution in [1.29, 1.82) is 0 Å². The molecule has 1 aromatic rings. The van der Waals surface area contributed by atoms with E-state index in [2.05, 4.69) is 33.9 Å². The van der Waals surface area contributed by atoms with E-state index < -0.39 is 8.32 Å². The third-order valence-corrected chi connectivity index (χ3v) is 8.54. The topological polar surface area (TPSA) is 52.4 Å². The maximum absolute atomic E-state index is 11.0. The number of rotatable bonds is 5. The zero-order valence-corrected chi connectivity index (χ0v) is 14.3. The molecule has 112 valence electrons. The molecule has 0 saturated heterocycles. The Labute approximate surface area is 122 Å². The number of hydrogen-bond acceptors (Lipinski definition) is 3. The van der Waals surface area contributed by atoms with Crippen LogP contribution in [0.15, 0.2) is 18.2 Å². The summed E-state index contributed by atoms with van der Waals surface area (Å²) in [7, 11) is -1.83. The second kappa shape index (κ2) is 6.05. The molecule has 0 heterocycles. The van der Waals surface area contributed by atoms with Crippen LogP contribution in [-0.2, 0) is 17.5 Å². The van der Waals surface area contributed by atoms with Gasteiger partial charge in [-0.1, -0.05) is 33.8 Å². The molecule has 0 atom stereocenters. The second-order valence-electron chi connectivity index (χ2n) is 6.67. The van der Waals surface area contributed by atoms with Gasteiger partial charge in [0, 0.05) is 12.1 Å². The number of nitro groups is 1. The highest BCUT2D eigenvalue weighted by atomic mass is 28.4. The Morgan fingerprint density at radius 1 is 1.20 bits per heavy atom. The third-order valence-electron chi connectivity index (χ3n) is 4.06. The van der Waals surface area contributed by atoms with E-state index in [-0.39, 0.29) is 15.6 Å². The molecule has 0 unspecified atom stereocenters. The van der Waals surface area contributed by atoms with E-state index in [0.717, 1.165) is 17.5 Å². The molecule has 0 aromatic heterocycles. The van der Waals surface area contributed by atoms with Gasteiger partial charge in [-0.2, -0.15) is 0 Å². The Kier molecular flexibility index (Phi) is 5.10. The fraction of sp³-hybridized carbons (Fsp3) is 0.600. The fourth-order valence-corrected chi connectivity index (χ4v) is 2.58. The standard InChI is InChI=1S/C15H25NO3Si/c1-7-12-8-13(10-14(9-12)16(17)18)11-19-20(5,6)15(2,3)4/h8-10H,7,11H2,1-6H3. The van der Waals surface area contributed by atoms with Crippen LogP contribution in [0.25, 0.3) is 0 Å². The third kappa shape index (κ3) is 4.15. The molecular weight excluding hydrogens is 270 g/mol. The van der Waals surface area contributed by atoms with Gasteiger partial charge in [0.25, 0.3) is 5.69 Å². The molecule has 0 bridgehead atoms. The number of non-ortho nitro benzene ring substituents is 1. The molecule has 0 aliphatic rings. The summed E-state index contributed by atoms with van der Waals surface area (Å²) in [4.78, 5) is 10.6. The van der Waals surface area contributed by atoms with Crippen LogP contribution in [-0.4, -0.2) is 13.2 Å². The number of aryl methyl sites for hydroxylation is 1. The van der Waals surface area contributed by atoms with E-state index in [9.17, 15) is 10.1 Å². The van der Waals surface area contributed by atoms with E-state index >= 15 is 0 Å². The summed E-state index contributed by atoms with van der Waals surface area (Å²) < 4.78 is 6.13. The average Bonchev–Trinajstić information content (AvgIpc) is 2.34. The molecule has 1 rings (SSSR count). The normalized spacial score (nSPS) is 12.5. The van der Waals surface area contributed by atoms with E-state index in [1.807, 2.05) is 13.0 Å². The van der Waals surface area contributed by atoms with E-state index in [1.54, 1.807) is 12.1 Å². The molecule has 0 aliphatic carbocycles. The van der Waals surface area contributed by atoms with E-state index in [4.69, 9.17) is 4.43 Å². The van der Waals surface area contributed by atoms with Gasteiger partial charge in [0.2, 0.25) is 0 Å². The zero-order chi connectivity index (χ0) is 15.6. The molecule has 0 amide bonds. The lowest BCUT2D eigenvalue weighted by molar-refractivity contribution is -0.385.